The van der Waals surface area contributed by atoms with Gasteiger partial charge >= 0.3 is 5.97 Å². The highest BCUT2D eigenvalue weighted by molar-refractivity contribution is 5.96. The lowest BCUT2D eigenvalue weighted by atomic mass is 9.97. The van der Waals surface area contributed by atoms with Crippen molar-refractivity contribution in [1.82, 2.24) is 0 Å². The molecule has 0 spiro atoms. The summed E-state index contributed by atoms with van der Waals surface area (Å²) in [5, 5.41) is 0. The van der Waals surface area contributed by atoms with Crippen LogP contribution in [0.1, 0.15) is 23.6 Å². The molecule has 0 aliphatic heterocycles. The Kier molecular flexibility index (Phi) is 4.72. The second-order valence-corrected chi connectivity index (χ2v) is 4.54. The van der Waals surface area contributed by atoms with Gasteiger partial charge in [-0.25, -0.2) is 4.79 Å². The van der Waals surface area contributed by atoms with Gasteiger partial charge in [0.05, 0.1) is 6.61 Å². The highest BCUT2D eigenvalue weighted by Gasteiger charge is 2.08. The number of esters is 1. The molecule has 0 bridgehead atoms. The molecule has 0 unspecified atom stereocenters. The van der Waals surface area contributed by atoms with E-state index in [1.165, 1.54) is 5.56 Å². The van der Waals surface area contributed by atoms with Gasteiger partial charge in [-0.15, -0.1) is 0 Å². The van der Waals surface area contributed by atoms with Gasteiger partial charge < -0.3 is 4.74 Å². The zero-order chi connectivity index (χ0) is 14.4. The molecule has 0 atom stereocenters. The molecular formula is C18H18O2. The normalized spacial score (nSPS) is 11.2. The van der Waals surface area contributed by atoms with E-state index in [2.05, 4.69) is 0 Å². The Bertz CT molecular complexity index is 595. The van der Waals surface area contributed by atoms with E-state index in [9.17, 15) is 4.79 Å². The predicted molar refractivity (Wildman–Crippen MR) is 81.3 cm³/mol. The Morgan fingerprint density at radius 1 is 1.00 bits per heavy atom. The van der Waals surface area contributed by atoms with Crippen molar-refractivity contribution >= 4 is 11.5 Å². The van der Waals surface area contributed by atoms with Crippen molar-refractivity contribution in [1.29, 1.82) is 0 Å². The van der Waals surface area contributed by atoms with Gasteiger partial charge in [0.25, 0.3) is 0 Å². The van der Waals surface area contributed by atoms with Crippen LogP contribution in [0.15, 0.2) is 60.7 Å². The second kappa shape index (κ2) is 6.71. The monoisotopic (exact) mass is 266 g/mol. The van der Waals surface area contributed by atoms with Crippen LogP contribution in [0.2, 0.25) is 0 Å². The summed E-state index contributed by atoms with van der Waals surface area (Å²) in [6.45, 7) is 4.23. The summed E-state index contributed by atoms with van der Waals surface area (Å²) >= 11 is 0. The molecule has 0 saturated heterocycles. The van der Waals surface area contributed by atoms with Crippen LogP contribution in [-0.2, 0) is 9.53 Å². The molecule has 2 rings (SSSR count). The molecule has 0 heterocycles. The number of rotatable bonds is 4. The largest absolute Gasteiger partial charge is 0.463 e. The van der Waals surface area contributed by atoms with E-state index in [1.54, 1.807) is 13.0 Å². The zero-order valence-corrected chi connectivity index (χ0v) is 11.8. The van der Waals surface area contributed by atoms with Crippen molar-refractivity contribution in [2.24, 2.45) is 0 Å². The van der Waals surface area contributed by atoms with Gasteiger partial charge in [0, 0.05) is 6.08 Å². The summed E-state index contributed by atoms with van der Waals surface area (Å²) in [7, 11) is 0. The Balaban J connectivity index is 2.44. The first kappa shape index (κ1) is 14.1. The van der Waals surface area contributed by atoms with Gasteiger partial charge in [0.2, 0.25) is 0 Å². The van der Waals surface area contributed by atoms with Crippen molar-refractivity contribution in [2.45, 2.75) is 13.8 Å². The first-order chi connectivity index (χ1) is 9.70. The third kappa shape index (κ3) is 3.58. The van der Waals surface area contributed by atoms with Gasteiger partial charge in [0.1, 0.15) is 0 Å². The van der Waals surface area contributed by atoms with Gasteiger partial charge in [-0.3, -0.25) is 0 Å². The molecule has 0 aromatic heterocycles. The predicted octanol–water partition coefficient (Wildman–Crippen LogP) is 3.99. The molecule has 0 aliphatic rings. The standard InChI is InChI=1S/C18H18O2/c1-3-20-18(19)13-17(15-7-5-4-6-8-15)16-11-9-14(2)10-12-16/h4-13H,3H2,1-2H3. The van der Waals surface area contributed by atoms with E-state index in [4.69, 9.17) is 4.74 Å². The van der Waals surface area contributed by atoms with E-state index >= 15 is 0 Å². The lowest BCUT2D eigenvalue weighted by Gasteiger charge is -2.09. The van der Waals surface area contributed by atoms with E-state index in [1.807, 2.05) is 61.5 Å². The number of carbonyl (C=O) groups excluding carboxylic acids is 1. The number of aryl methyl sites for hydroxylation is 1. The fraction of sp³-hybridized carbons (Fsp3) is 0.167. The van der Waals surface area contributed by atoms with E-state index < -0.39 is 0 Å². The average Bonchev–Trinajstić information content (AvgIpc) is 2.47. The highest BCUT2D eigenvalue weighted by atomic mass is 16.5. The molecule has 2 nitrogen and oxygen atoms in total. The number of ether oxygens (including phenoxy) is 1. The van der Waals surface area contributed by atoms with Gasteiger partial charge in [0.15, 0.2) is 0 Å². The molecule has 102 valence electrons. The minimum atomic E-state index is -0.313. The second-order valence-electron chi connectivity index (χ2n) is 4.54. The van der Waals surface area contributed by atoms with Crippen LogP contribution < -0.4 is 0 Å². The summed E-state index contributed by atoms with van der Waals surface area (Å²) in [5.41, 5.74) is 4.08. The summed E-state index contributed by atoms with van der Waals surface area (Å²) < 4.78 is 5.02. The fourth-order valence-electron chi connectivity index (χ4n) is 1.99. The summed E-state index contributed by atoms with van der Waals surface area (Å²) in [4.78, 5) is 11.8. The number of carbonyl (C=O) groups is 1. The molecule has 2 heteroatoms. The Morgan fingerprint density at radius 3 is 2.20 bits per heavy atom. The van der Waals surface area contributed by atoms with Crippen molar-refractivity contribution < 1.29 is 9.53 Å². The Labute approximate surface area is 119 Å². The molecule has 0 radical (unpaired) electrons. The maximum absolute atomic E-state index is 11.8. The Morgan fingerprint density at radius 2 is 1.60 bits per heavy atom. The Hall–Kier alpha value is -2.35. The summed E-state index contributed by atoms with van der Waals surface area (Å²) in [6.07, 6.45) is 1.56. The maximum atomic E-state index is 11.8. The SMILES string of the molecule is CCOC(=O)C=C(c1ccccc1)c1ccc(C)cc1. The lowest BCUT2D eigenvalue weighted by molar-refractivity contribution is -0.137. The van der Waals surface area contributed by atoms with Crippen molar-refractivity contribution in [2.75, 3.05) is 6.61 Å². The molecular weight excluding hydrogens is 248 g/mol. The average molecular weight is 266 g/mol. The van der Waals surface area contributed by atoms with Gasteiger partial charge in [-0.05, 0) is 30.5 Å². The molecule has 20 heavy (non-hydrogen) atoms. The first-order valence-electron chi connectivity index (χ1n) is 6.71. The van der Waals surface area contributed by atoms with E-state index in [-0.39, 0.29) is 5.97 Å². The van der Waals surface area contributed by atoms with Crippen LogP contribution in [0, 0.1) is 6.92 Å². The smallest absolute Gasteiger partial charge is 0.331 e. The lowest BCUT2D eigenvalue weighted by Crippen LogP contribution is -2.01. The maximum Gasteiger partial charge on any atom is 0.331 e. The van der Waals surface area contributed by atoms with Crippen LogP contribution in [0.5, 0.6) is 0 Å². The van der Waals surface area contributed by atoms with Gasteiger partial charge in [-0.2, -0.15) is 0 Å². The van der Waals surface area contributed by atoms with Crippen LogP contribution in [-0.4, -0.2) is 12.6 Å². The third-order valence-corrected chi connectivity index (χ3v) is 3.00. The fourth-order valence-corrected chi connectivity index (χ4v) is 1.99. The zero-order valence-electron chi connectivity index (χ0n) is 11.8. The van der Waals surface area contributed by atoms with E-state index in [0.29, 0.717) is 6.61 Å². The van der Waals surface area contributed by atoms with E-state index in [0.717, 1.165) is 16.7 Å². The van der Waals surface area contributed by atoms with Crippen molar-refractivity contribution in [3.05, 3.63) is 77.4 Å². The number of benzene rings is 2. The van der Waals surface area contributed by atoms with Crippen LogP contribution in [0.25, 0.3) is 5.57 Å². The van der Waals surface area contributed by atoms with Crippen LogP contribution >= 0.6 is 0 Å². The topological polar surface area (TPSA) is 26.3 Å². The molecule has 2 aromatic carbocycles. The van der Waals surface area contributed by atoms with Crippen molar-refractivity contribution in [3.63, 3.8) is 0 Å². The molecule has 2 aromatic rings. The highest BCUT2D eigenvalue weighted by Crippen LogP contribution is 2.23. The molecule has 0 amide bonds. The molecule has 0 N–H and O–H groups in total. The number of hydrogen-bond donors (Lipinski definition) is 0. The van der Waals surface area contributed by atoms with Crippen LogP contribution in [0.4, 0.5) is 0 Å². The minimum Gasteiger partial charge on any atom is -0.463 e. The summed E-state index contributed by atoms with van der Waals surface area (Å²) in [6, 6.07) is 18.0. The first-order valence-corrected chi connectivity index (χ1v) is 6.71. The van der Waals surface area contributed by atoms with Crippen molar-refractivity contribution in [3.8, 4) is 0 Å². The molecule has 0 saturated carbocycles. The van der Waals surface area contributed by atoms with Crippen LogP contribution in [0.3, 0.4) is 0 Å². The minimum absolute atomic E-state index is 0.313. The quantitative estimate of drug-likeness (QED) is 0.618. The van der Waals surface area contributed by atoms with Gasteiger partial charge in [-0.1, -0.05) is 60.2 Å². The third-order valence-electron chi connectivity index (χ3n) is 3.00. The molecule has 0 aliphatic carbocycles. The summed E-state index contributed by atoms with van der Waals surface area (Å²) in [5.74, 6) is -0.313. The molecule has 0 fully saturated rings. The number of hydrogen-bond acceptors (Lipinski definition) is 2.